The van der Waals surface area contributed by atoms with E-state index in [1.165, 1.54) is 0 Å². The number of carbonyl (C=O) groups is 2. The van der Waals surface area contributed by atoms with Crippen LogP contribution >= 0.6 is 0 Å². The van der Waals surface area contributed by atoms with E-state index in [1.54, 1.807) is 17.0 Å². The van der Waals surface area contributed by atoms with Crippen molar-refractivity contribution >= 4 is 17.6 Å². The van der Waals surface area contributed by atoms with Crippen molar-refractivity contribution in [1.29, 1.82) is 0 Å². The lowest BCUT2D eigenvalue weighted by Gasteiger charge is -2.30. The summed E-state index contributed by atoms with van der Waals surface area (Å²) in [6.45, 7) is 2.85. The molecule has 114 valence electrons. The molecule has 1 aliphatic rings. The minimum atomic E-state index is -0.913. The molecule has 1 N–H and O–H groups in total. The van der Waals surface area contributed by atoms with E-state index in [0.717, 1.165) is 49.8 Å². The number of carboxylic acid groups (broad SMARTS) is 1. The summed E-state index contributed by atoms with van der Waals surface area (Å²) in [5.41, 5.74) is 1.93. The maximum absolute atomic E-state index is 12.4. The summed E-state index contributed by atoms with van der Waals surface area (Å²) < 4.78 is 0. The third kappa shape index (κ3) is 3.63. The molecule has 0 saturated heterocycles. The van der Waals surface area contributed by atoms with Gasteiger partial charge in [-0.05, 0) is 37.0 Å². The lowest BCUT2D eigenvalue weighted by atomic mass is 9.96. The third-order valence-electron chi connectivity index (χ3n) is 4.03. The van der Waals surface area contributed by atoms with Crippen LogP contribution in [0.3, 0.4) is 0 Å². The molecular weight excluding hydrogens is 266 g/mol. The van der Waals surface area contributed by atoms with E-state index in [2.05, 4.69) is 6.92 Å². The summed E-state index contributed by atoms with van der Waals surface area (Å²) in [7, 11) is 0. The predicted octanol–water partition coefficient (Wildman–Crippen LogP) is 3.63. The van der Waals surface area contributed by atoms with Crippen molar-refractivity contribution in [1.82, 2.24) is 0 Å². The lowest BCUT2D eigenvalue weighted by molar-refractivity contribution is -0.118. The van der Waals surface area contributed by atoms with Gasteiger partial charge in [-0.15, -0.1) is 0 Å². The normalized spacial score (nSPS) is 13.9. The van der Waals surface area contributed by atoms with Crippen molar-refractivity contribution in [2.45, 2.75) is 51.9 Å². The van der Waals surface area contributed by atoms with Crippen molar-refractivity contribution in [3.63, 3.8) is 0 Å². The number of benzene rings is 1. The van der Waals surface area contributed by atoms with Crippen LogP contribution in [0.1, 0.15) is 61.4 Å². The second kappa shape index (κ2) is 7.25. The summed E-state index contributed by atoms with van der Waals surface area (Å²) in [6.07, 6.45) is 6.43. The zero-order valence-electron chi connectivity index (χ0n) is 12.6. The highest BCUT2D eigenvalue weighted by Crippen LogP contribution is 2.30. The molecule has 0 unspecified atom stereocenters. The number of amides is 1. The zero-order chi connectivity index (χ0) is 15.2. The summed E-state index contributed by atoms with van der Waals surface area (Å²) in [5.74, 6) is -0.793. The van der Waals surface area contributed by atoms with Crippen molar-refractivity contribution in [3.05, 3.63) is 29.3 Å². The predicted molar refractivity (Wildman–Crippen MR) is 82.8 cm³/mol. The minimum Gasteiger partial charge on any atom is -0.478 e. The molecule has 0 bridgehead atoms. The standard InChI is InChI=1S/C17H23NO3/c1-2-3-4-5-11-16(19)18-12-7-9-13-14(17(20)21)8-6-10-15(13)18/h6,8,10H,2-5,7,9,11-12H2,1H3,(H,20,21). The Morgan fingerprint density at radius 3 is 2.76 bits per heavy atom. The first-order chi connectivity index (χ1) is 10.1. The molecule has 0 saturated carbocycles. The molecule has 0 radical (unpaired) electrons. The van der Waals surface area contributed by atoms with Gasteiger partial charge in [0.15, 0.2) is 0 Å². The van der Waals surface area contributed by atoms with Crippen molar-refractivity contribution in [2.75, 3.05) is 11.4 Å². The molecular formula is C17H23NO3. The quantitative estimate of drug-likeness (QED) is 0.813. The van der Waals surface area contributed by atoms with Crippen LogP contribution in [0.2, 0.25) is 0 Å². The van der Waals surface area contributed by atoms with Gasteiger partial charge in [0.2, 0.25) is 5.91 Å². The Hall–Kier alpha value is -1.84. The molecule has 21 heavy (non-hydrogen) atoms. The number of aromatic carboxylic acids is 1. The van der Waals surface area contributed by atoms with Crippen molar-refractivity contribution in [2.24, 2.45) is 0 Å². The Morgan fingerprint density at radius 2 is 2.05 bits per heavy atom. The number of rotatable bonds is 6. The van der Waals surface area contributed by atoms with Gasteiger partial charge in [-0.25, -0.2) is 4.79 Å². The average Bonchev–Trinajstić information content (AvgIpc) is 2.50. The fourth-order valence-electron chi connectivity index (χ4n) is 2.92. The van der Waals surface area contributed by atoms with Crippen molar-refractivity contribution in [3.8, 4) is 0 Å². The first-order valence-corrected chi connectivity index (χ1v) is 7.80. The van der Waals surface area contributed by atoms with E-state index in [0.29, 0.717) is 18.5 Å². The Kier molecular flexibility index (Phi) is 5.37. The second-order valence-electron chi connectivity index (χ2n) is 5.57. The second-order valence-corrected chi connectivity index (χ2v) is 5.57. The number of anilines is 1. The molecule has 4 heteroatoms. The lowest BCUT2D eigenvalue weighted by Crippen LogP contribution is -2.35. The topological polar surface area (TPSA) is 57.6 Å². The SMILES string of the molecule is CCCCCCC(=O)N1CCCc2c(C(=O)O)cccc21. The van der Waals surface area contributed by atoms with Gasteiger partial charge in [0.05, 0.1) is 5.56 Å². The van der Waals surface area contributed by atoms with E-state index in [9.17, 15) is 14.7 Å². The molecule has 0 spiro atoms. The smallest absolute Gasteiger partial charge is 0.336 e. The van der Waals surface area contributed by atoms with E-state index >= 15 is 0 Å². The summed E-state index contributed by atoms with van der Waals surface area (Å²) in [4.78, 5) is 25.4. The zero-order valence-corrected chi connectivity index (χ0v) is 12.6. The van der Waals surface area contributed by atoms with Gasteiger partial charge in [0.25, 0.3) is 0 Å². The molecule has 0 atom stereocenters. The van der Waals surface area contributed by atoms with Crippen LogP contribution in [0.15, 0.2) is 18.2 Å². The Labute approximate surface area is 125 Å². The van der Waals surface area contributed by atoms with Crippen molar-refractivity contribution < 1.29 is 14.7 Å². The monoisotopic (exact) mass is 289 g/mol. The van der Waals surface area contributed by atoms with E-state index < -0.39 is 5.97 Å². The molecule has 1 aromatic carbocycles. The first kappa shape index (κ1) is 15.5. The largest absolute Gasteiger partial charge is 0.478 e. The first-order valence-electron chi connectivity index (χ1n) is 7.80. The summed E-state index contributed by atoms with van der Waals surface area (Å²) >= 11 is 0. The van der Waals surface area contributed by atoms with Gasteiger partial charge in [-0.1, -0.05) is 32.3 Å². The van der Waals surface area contributed by atoms with Crippen LogP contribution in [-0.2, 0) is 11.2 Å². The number of fused-ring (bicyclic) bond motifs is 1. The fraction of sp³-hybridized carbons (Fsp3) is 0.529. The maximum atomic E-state index is 12.4. The van der Waals surface area contributed by atoms with Gasteiger partial charge in [0.1, 0.15) is 0 Å². The number of carbonyl (C=O) groups excluding carboxylic acids is 1. The highest BCUT2D eigenvalue weighted by molar-refractivity contribution is 5.98. The van der Waals surface area contributed by atoms with Gasteiger partial charge < -0.3 is 10.0 Å². The Morgan fingerprint density at radius 1 is 1.24 bits per heavy atom. The molecule has 1 amide bonds. The molecule has 1 heterocycles. The van der Waals surface area contributed by atoms with Crippen LogP contribution in [0.25, 0.3) is 0 Å². The Bertz CT molecular complexity index is 525. The number of unbranched alkanes of at least 4 members (excludes halogenated alkanes) is 3. The molecule has 2 rings (SSSR count). The minimum absolute atomic E-state index is 0.120. The van der Waals surface area contributed by atoms with Crippen LogP contribution < -0.4 is 4.90 Å². The van der Waals surface area contributed by atoms with Crippen LogP contribution in [0.4, 0.5) is 5.69 Å². The highest BCUT2D eigenvalue weighted by Gasteiger charge is 2.25. The van der Waals surface area contributed by atoms with Crippen LogP contribution in [-0.4, -0.2) is 23.5 Å². The summed E-state index contributed by atoms with van der Waals surface area (Å²) in [6, 6.07) is 5.21. The van der Waals surface area contributed by atoms with Crippen LogP contribution in [0, 0.1) is 0 Å². The van der Waals surface area contributed by atoms with E-state index in [-0.39, 0.29) is 5.91 Å². The van der Waals surface area contributed by atoms with Gasteiger partial charge in [-0.3, -0.25) is 4.79 Å². The average molecular weight is 289 g/mol. The molecule has 0 aromatic heterocycles. The van der Waals surface area contributed by atoms with Gasteiger partial charge in [-0.2, -0.15) is 0 Å². The third-order valence-corrected chi connectivity index (χ3v) is 4.03. The molecule has 0 aliphatic carbocycles. The number of nitrogens with zero attached hydrogens (tertiary/aromatic N) is 1. The number of hydrogen-bond acceptors (Lipinski definition) is 2. The van der Waals surface area contributed by atoms with E-state index in [4.69, 9.17) is 0 Å². The summed E-state index contributed by atoms with van der Waals surface area (Å²) in [5, 5.41) is 9.26. The molecule has 1 aromatic rings. The molecule has 4 nitrogen and oxygen atoms in total. The highest BCUT2D eigenvalue weighted by atomic mass is 16.4. The number of carboxylic acids is 1. The van der Waals surface area contributed by atoms with Gasteiger partial charge in [0, 0.05) is 18.7 Å². The molecule has 0 fully saturated rings. The fourth-order valence-corrected chi connectivity index (χ4v) is 2.92. The van der Waals surface area contributed by atoms with E-state index in [1.807, 2.05) is 6.07 Å². The van der Waals surface area contributed by atoms with Gasteiger partial charge >= 0.3 is 5.97 Å². The molecule has 1 aliphatic heterocycles. The Balaban J connectivity index is 2.13. The maximum Gasteiger partial charge on any atom is 0.336 e. The number of hydrogen-bond donors (Lipinski definition) is 1. The van der Waals surface area contributed by atoms with Crippen LogP contribution in [0.5, 0.6) is 0 Å².